The lowest BCUT2D eigenvalue weighted by Gasteiger charge is -2.25. The van der Waals surface area contributed by atoms with Crippen LogP contribution in [0.15, 0.2) is 0 Å². The second kappa shape index (κ2) is 7.13. The average molecular weight is 254 g/mol. The van der Waals surface area contributed by atoms with Crippen molar-refractivity contribution in [3.05, 3.63) is 0 Å². The highest BCUT2D eigenvalue weighted by Crippen LogP contribution is 2.22. The highest BCUT2D eigenvalue weighted by atomic mass is 16.2. The van der Waals surface area contributed by atoms with Crippen LogP contribution in [0.4, 0.5) is 0 Å². The Morgan fingerprint density at radius 3 is 2.39 bits per heavy atom. The molecule has 1 saturated heterocycles. The van der Waals surface area contributed by atoms with Gasteiger partial charge in [-0.05, 0) is 24.7 Å². The molecule has 1 heterocycles. The second-order valence-electron chi connectivity index (χ2n) is 6.27. The minimum Gasteiger partial charge on any atom is -0.326 e. The van der Waals surface area contributed by atoms with Crippen LogP contribution in [0.2, 0.25) is 0 Å². The maximum atomic E-state index is 12.4. The molecule has 2 atom stereocenters. The summed E-state index contributed by atoms with van der Waals surface area (Å²) in [5.74, 6) is 1.31. The Bertz CT molecular complexity index is 263. The van der Waals surface area contributed by atoms with Gasteiger partial charge in [-0.2, -0.15) is 0 Å². The Morgan fingerprint density at radius 2 is 1.89 bits per heavy atom. The van der Waals surface area contributed by atoms with Crippen LogP contribution in [0.5, 0.6) is 0 Å². The van der Waals surface area contributed by atoms with E-state index in [9.17, 15) is 4.79 Å². The Labute approximate surface area is 112 Å². The number of hydrogen-bond donors (Lipinski definition) is 1. The molecule has 0 aromatic carbocycles. The molecule has 0 aromatic rings. The molecular formula is C15H30N2O. The topological polar surface area (TPSA) is 32.3 Å². The largest absolute Gasteiger partial charge is 0.326 e. The van der Waals surface area contributed by atoms with Gasteiger partial charge in [0.1, 0.15) is 0 Å². The van der Waals surface area contributed by atoms with E-state index in [2.05, 4.69) is 44.8 Å². The van der Waals surface area contributed by atoms with Crippen molar-refractivity contribution >= 4 is 5.91 Å². The van der Waals surface area contributed by atoms with Crippen molar-refractivity contribution < 1.29 is 4.79 Å². The van der Waals surface area contributed by atoms with Crippen molar-refractivity contribution in [2.24, 2.45) is 11.8 Å². The summed E-state index contributed by atoms with van der Waals surface area (Å²) < 4.78 is 0. The van der Waals surface area contributed by atoms with Gasteiger partial charge in [0, 0.05) is 6.54 Å². The Balaban J connectivity index is 2.64. The molecule has 3 heteroatoms. The fraction of sp³-hybridized carbons (Fsp3) is 0.933. The fourth-order valence-corrected chi connectivity index (χ4v) is 2.62. The van der Waals surface area contributed by atoms with Gasteiger partial charge in [0.15, 0.2) is 0 Å². The van der Waals surface area contributed by atoms with Gasteiger partial charge in [-0.15, -0.1) is 0 Å². The molecule has 106 valence electrons. The molecule has 3 nitrogen and oxygen atoms in total. The highest BCUT2D eigenvalue weighted by Gasteiger charge is 2.39. The van der Waals surface area contributed by atoms with E-state index in [1.54, 1.807) is 0 Å². The van der Waals surface area contributed by atoms with Crippen LogP contribution >= 0.6 is 0 Å². The summed E-state index contributed by atoms with van der Waals surface area (Å²) in [5.41, 5.74) is 0. The number of carbonyl (C=O) groups excluding carboxylic acids is 1. The standard InChI is InChI=1S/C15H30N2O/c1-6-7-8-9-17-13(10-11(2)3)16-14(12(4)5)15(17)18/h11-14,16H,6-10H2,1-5H3. The molecule has 1 fully saturated rings. The average Bonchev–Trinajstić information content (AvgIpc) is 2.57. The van der Waals surface area contributed by atoms with Crippen molar-refractivity contribution in [1.29, 1.82) is 0 Å². The Kier molecular flexibility index (Phi) is 6.13. The highest BCUT2D eigenvalue weighted by molar-refractivity contribution is 5.84. The third kappa shape index (κ3) is 3.98. The predicted octanol–water partition coefficient (Wildman–Crippen LogP) is 3.01. The molecule has 2 unspecified atom stereocenters. The van der Waals surface area contributed by atoms with E-state index < -0.39 is 0 Å². The molecule has 0 radical (unpaired) electrons. The first-order valence-electron chi connectivity index (χ1n) is 7.53. The molecule has 18 heavy (non-hydrogen) atoms. The van der Waals surface area contributed by atoms with Gasteiger partial charge in [-0.1, -0.05) is 47.5 Å². The molecule has 0 aromatic heterocycles. The van der Waals surface area contributed by atoms with Gasteiger partial charge < -0.3 is 4.90 Å². The number of rotatable bonds is 7. The summed E-state index contributed by atoms with van der Waals surface area (Å²) >= 11 is 0. The molecular weight excluding hydrogens is 224 g/mol. The summed E-state index contributed by atoms with van der Waals surface area (Å²) in [6, 6.07) is 0.0235. The van der Waals surface area contributed by atoms with Crippen LogP contribution in [0.1, 0.15) is 60.3 Å². The summed E-state index contributed by atoms with van der Waals surface area (Å²) in [4.78, 5) is 14.5. The van der Waals surface area contributed by atoms with Crippen molar-refractivity contribution in [2.45, 2.75) is 72.5 Å². The first kappa shape index (κ1) is 15.5. The molecule has 0 saturated carbocycles. The second-order valence-corrected chi connectivity index (χ2v) is 6.27. The maximum absolute atomic E-state index is 12.4. The molecule has 1 aliphatic heterocycles. The van der Waals surface area contributed by atoms with Gasteiger partial charge in [-0.25, -0.2) is 0 Å². The fourth-order valence-electron chi connectivity index (χ4n) is 2.62. The monoisotopic (exact) mass is 254 g/mol. The third-order valence-electron chi connectivity index (χ3n) is 3.66. The van der Waals surface area contributed by atoms with Gasteiger partial charge >= 0.3 is 0 Å². The lowest BCUT2D eigenvalue weighted by molar-refractivity contribution is -0.130. The van der Waals surface area contributed by atoms with Crippen molar-refractivity contribution in [3.8, 4) is 0 Å². The molecule has 0 aliphatic carbocycles. The molecule has 0 spiro atoms. The van der Waals surface area contributed by atoms with Gasteiger partial charge in [0.25, 0.3) is 0 Å². The maximum Gasteiger partial charge on any atom is 0.241 e. The quantitative estimate of drug-likeness (QED) is 0.708. The smallest absolute Gasteiger partial charge is 0.241 e. The number of hydrogen-bond acceptors (Lipinski definition) is 2. The van der Waals surface area contributed by atoms with E-state index >= 15 is 0 Å². The molecule has 0 bridgehead atoms. The first-order chi connectivity index (χ1) is 8.47. The number of unbranched alkanes of at least 4 members (excludes halogenated alkanes) is 2. The number of nitrogens with zero attached hydrogens (tertiary/aromatic N) is 1. The SMILES string of the molecule is CCCCCN1C(=O)C(C(C)C)NC1CC(C)C. The Hall–Kier alpha value is -0.570. The van der Waals surface area contributed by atoms with Crippen LogP contribution in [0.25, 0.3) is 0 Å². The summed E-state index contributed by atoms with van der Waals surface area (Å²) in [6.07, 6.45) is 4.86. The summed E-state index contributed by atoms with van der Waals surface area (Å²) in [5, 5.41) is 3.52. The van der Waals surface area contributed by atoms with Crippen LogP contribution in [0, 0.1) is 11.8 Å². The van der Waals surface area contributed by atoms with Crippen LogP contribution < -0.4 is 5.32 Å². The van der Waals surface area contributed by atoms with E-state index in [4.69, 9.17) is 0 Å². The normalized spacial score (nSPS) is 24.6. The molecule has 1 N–H and O–H groups in total. The predicted molar refractivity (Wildman–Crippen MR) is 76.2 cm³/mol. The van der Waals surface area contributed by atoms with Crippen LogP contribution in [-0.4, -0.2) is 29.6 Å². The van der Waals surface area contributed by atoms with E-state index in [0.29, 0.717) is 17.7 Å². The van der Waals surface area contributed by atoms with E-state index in [1.165, 1.54) is 12.8 Å². The zero-order valence-electron chi connectivity index (χ0n) is 12.7. The number of amides is 1. The zero-order valence-corrected chi connectivity index (χ0v) is 12.7. The van der Waals surface area contributed by atoms with Gasteiger partial charge in [-0.3, -0.25) is 10.1 Å². The van der Waals surface area contributed by atoms with E-state index in [0.717, 1.165) is 19.4 Å². The Morgan fingerprint density at radius 1 is 1.22 bits per heavy atom. The molecule has 1 rings (SSSR count). The van der Waals surface area contributed by atoms with Gasteiger partial charge in [0.2, 0.25) is 5.91 Å². The van der Waals surface area contributed by atoms with E-state index in [1.807, 2.05) is 0 Å². The summed E-state index contributed by atoms with van der Waals surface area (Å²) in [7, 11) is 0. The lowest BCUT2D eigenvalue weighted by Crippen LogP contribution is -2.39. The van der Waals surface area contributed by atoms with Gasteiger partial charge in [0.05, 0.1) is 12.2 Å². The molecule has 1 amide bonds. The van der Waals surface area contributed by atoms with Crippen LogP contribution in [0.3, 0.4) is 0 Å². The van der Waals surface area contributed by atoms with Crippen molar-refractivity contribution in [1.82, 2.24) is 10.2 Å². The number of nitrogens with one attached hydrogen (secondary N) is 1. The lowest BCUT2D eigenvalue weighted by atomic mass is 10.0. The minimum atomic E-state index is 0.0235. The number of carbonyl (C=O) groups is 1. The third-order valence-corrected chi connectivity index (χ3v) is 3.66. The minimum absolute atomic E-state index is 0.0235. The van der Waals surface area contributed by atoms with Crippen LogP contribution in [-0.2, 0) is 4.79 Å². The van der Waals surface area contributed by atoms with Crippen molar-refractivity contribution in [2.75, 3.05) is 6.54 Å². The zero-order chi connectivity index (χ0) is 13.7. The van der Waals surface area contributed by atoms with Crippen molar-refractivity contribution in [3.63, 3.8) is 0 Å². The first-order valence-corrected chi connectivity index (χ1v) is 7.53. The summed E-state index contributed by atoms with van der Waals surface area (Å²) in [6.45, 7) is 11.8. The molecule has 1 aliphatic rings. The van der Waals surface area contributed by atoms with E-state index in [-0.39, 0.29) is 12.2 Å².